The minimum absolute atomic E-state index is 0. The van der Waals surface area contributed by atoms with Gasteiger partial charge in [-0.3, -0.25) is 10.2 Å². The van der Waals surface area contributed by atoms with E-state index in [0.717, 1.165) is 83.2 Å². The fourth-order valence-corrected chi connectivity index (χ4v) is 11.9. The Hall–Kier alpha value is -9.30. The van der Waals surface area contributed by atoms with Crippen LogP contribution in [0.25, 0.3) is 33.0 Å². The van der Waals surface area contributed by atoms with Gasteiger partial charge >= 0.3 is 0 Å². The van der Waals surface area contributed by atoms with E-state index < -0.39 is 0 Å². The van der Waals surface area contributed by atoms with Crippen molar-refractivity contribution in [2.75, 3.05) is 66.1 Å². The lowest BCUT2D eigenvalue weighted by Crippen LogP contribution is -2.18. The second kappa shape index (κ2) is 45.9. The maximum Gasteiger partial charge on any atom is 0.159 e. The molecular formula is C92H142N12O2. The number of imidazole rings is 1. The highest BCUT2D eigenvalue weighted by molar-refractivity contribution is 5.79. The molecule has 7 aromatic carbocycles. The van der Waals surface area contributed by atoms with Crippen LogP contribution < -0.4 is 36.1 Å². The summed E-state index contributed by atoms with van der Waals surface area (Å²) in [5.74, 6) is 6.76. The molecular weight excluding hydrogens is 1310 g/mol. The van der Waals surface area contributed by atoms with E-state index in [-0.39, 0.29) is 59.4 Å². The maximum absolute atomic E-state index is 5.55. The summed E-state index contributed by atoms with van der Waals surface area (Å²) in [5, 5.41) is 32.5. The first-order valence-corrected chi connectivity index (χ1v) is 35.9. The van der Waals surface area contributed by atoms with Gasteiger partial charge in [0.1, 0.15) is 18.1 Å². The number of ether oxygens (including phenoxy) is 2. The molecule has 16 rings (SSSR count). The molecule has 0 saturated carbocycles. The van der Waals surface area contributed by atoms with Crippen molar-refractivity contribution in [3.8, 4) is 11.5 Å². The van der Waals surface area contributed by atoms with E-state index in [1.807, 2.05) is 12.4 Å². The summed E-state index contributed by atoms with van der Waals surface area (Å²) in [6.45, 7) is 40.9. The Kier molecular flexibility index (Phi) is 41.0. The number of hydrogen-bond donors (Lipinski definition) is 8. The molecule has 0 unspecified atom stereocenters. The van der Waals surface area contributed by atoms with Crippen molar-refractivity contribution in [3.05, 3.63) is 220 Å². The monoisotopic (exact) mass is 1450 g/mol. The van der Waals surface area contributed by atoms with Crippen LogP contribution in [0.1, 0.15) is 285 Å². The van der Waals surface area contributed by atoms with Crippen LogP contribution in [0.15, 0.2) is 158 Å². The van der Waals surface area contributed by atoms with E-state index in [2.05, 4.69) is 306 Å². The lowest BCUT2D eigenvalue weighted by atomic mass is 9.96. The Balaban J connectivity index is 0.000000599. The summed E-state index contributed by atoms with van der Waals surface area (Å²) in [4.78, 5) is 11.5. The topological polar surface area (TPSA) is 178 Å². The Morgan fingerprint density at radius 3 is 1.24 bits per heavy atom. The van der Waals surface area contributed by atoms with Crippen LogP contribution in [0.4, 0.5) is 28.4 Å². The zero-order chi connectivity index (χ0) is 69.8. The van der Waals surface area contributed by atoms with Crippen LogP contribution in [-0.4, -0.2) is 74.9 Å². The summed E-state index contributed by atoms with van der Waals surface area (Å²) in [6, 6.07) is 48.0. The van der Waals surface area contributed by atoms with Gasteiger partial charge in [0.25, 0.3) is 0 Å². The third kappa shape index (κ3) is 26.6. The SMILES string of the molecule is C.C.C.C.C.C.C.C.CC(C)c1ccc2[nH]ncc2c1.CC(C)c1ccc2c(c1)CCCN2.CC(C)c1ccc2c(c1)CCN2.CC(C)c1ccc2c(c1)CCN2.CC(C)c1ccc2c(c1)OCCN2.CC(C)c1ccc2c(c1)OCN2.CC(C)c1ccc2nc[nH]c2c1.CC(C)c1cnc2[nH]ncc2c1. The van der Waals surface area contributed by atoms with Gasteiger partial charge in [0.2, 0.25) is 0 Å². The number of pyridine rings is 1. The van der Waals surface area contributed by atoms with E-state index >= 15 is 0 Å². The van der Waals surface area contributed by atoms with Gasteiger partial charge in [-0.05, 0) is 207 Å². The molecule has 106 heavy (non-hydrogen) atoms. The molecule has 0 bridgehead atoms. The number of benzene rings is 7. The molecule has 0 aliphatic carbocycles. The normalized spacial score (nSPS) is 12.4. The highest BCUT2D eigenvalue weighted by Crippen LogP contribution is 2.34. The molecule has 11 aromatic rings. The van der Waals surface area contributed by atoms with Crippen LogP contribution in [0.2, 0.25) is 0 Å². The first kappa shape index (κ1) is 94.7. The molecule has 0 atom stereocenters. The molecule has 0 fully saturated rings. The second-order valence-corrected chi connectivity index (χ2v) is 28.6. The van der Waals surface area contributed by atoms with E-state index in [4.69, 9.17) is 9.47 Å². The quantitative estimate of drug-likeness (QED) is 0.0726. The predicted molar refractivity (Wildman–Crippen MR) is 469 cm³/mol. The first-order chi connectivity index (χ1) is 47.2. The number of rotatable bonds is 8. The molecule has 5 aliphatic heterocycles. The Morgan fingerprint density at radius 2 is 0.717 bits per heavy atom. The van der Waals surface area contributed by atoms with Gasteiger partial charge in [0.05, 0.1) is 46.6 Å². The van der Waals surface area contributed by atoms with Gasteiger partial charge in [-0.25, -0.2) is 9.97 Å². The van der Waals surface area contributed by atoms with Gasteiger partial charge in [-0.1, -0.05) is 231 Å². The third-order valence-electron chi connectivity index (χ3n) is 18.5. The van der Waals surface area contributed by atoms with Gasteiger partial charge in [-0.2, -0.15) is 10.2 Å². The number of aryl methyl sites for hydroxylation is 1. The summed E-state index contributed by atoms with van der Waals surface area (Å²) in [6.07, 6.45) is 12.2. The molecule has 0 amide bonds. The predicted octanol–water partition coefficient (Wildman–Crippen LogP) is 26.5. The minimum atomic E-state index is 0. The molecule has 14 heteroatoms. The van der Waals surface area contributed by atoms with E-state index in [1.165, 1.54) is 109 Å². The molecule has 8 N–H and O–H groups in total. The summed E-state index contributed by atoms with van der Waals surface area (Å²) in [5.41, 5.74) is 25.9. The van der Waals surface area contributed by atoms with Crippen molar-refractivity contribution in [1.29, 1.82) is 0 Å². The Morgan fingerprint density at radius 1 is 0.321 bits per heavy atom. The van der Waals surface area contributed by atoms with Crippen LogP contribution in [0, 0.1) is 0 Å². The Labute approximate surface area is 643 Å². The highest BCUT2D eigenvalue weighted by Gasteiger charge is 2.16. The third-order valence-corrected chi connectivity index (χ3v) is 18.5. The largest absolute Gasteiger partial charge is 0.490 e. The van der Waals surface area contributed by atoms with E-state index in [9.17, 15) is 0 Å². The van der Waals surface area contributed by atoms with E-state index in [0.29, 0.717) is 54.1 Å². The number of anilines is 5. The molecule has 14 nitrogen and oxygen atoms in total. The van der Waals surface area contributed by atoms with Crippen molar-refractivity contribution in [3.63, 3.8) is 0 Å². The zero-order valence-corrected chi connectivity index (χ0v) is 61.3. The minimum Gasteiger partial charge on any atom is -0.490 e. The highest BCUT2D eigenvalue weighted by atomic mass is 16.5. The van der Waals surface area contributed by atoms with Crippen LogP contribution in [0.3, 0.4) is 0 Å². The molecule has 5 aliphatic rings. The summed E-state index contributed by atoms with van der Waals surface area (Å²) < 4.78 is 10.9. The lowest BCUT2D eigenvalue weighted by molar-refractivity contribution is 0.323. The van der Waals surface area contributed by atoms with Gasteiger partial charge in [0, 0.05) is 60.2 Å². The van der Waals surface area contributed by atoms with Crippen LogP contribution >= 0.6 is 0 Å². The molecule has 0 spiro atoms. The second-order valence-electron chi connectivity index (χ2n) is 28.6. The smallest absolute Gasteiger partial charge is 0.159 e. The van der Waals surface area contributed by atoms with Gasteiger partial charge < -0.3 is 41.0 Å². The number of H-pyrrole nitrogens is 3. The standard InChI is InChI=1S/C12H17N.C11H15NO.2C11H15N.2C10H12N2.C10H13NO.C9H11N3.8CH4/c1-9(2)10-5-6-12-11(8-10)4-3-7-13-12;1-8(2)9-3-4-10-11(7-9)13-6-5-12-10;2*1-8(2)9-3-4-11-10(7-9)5-6-12-11;1-7(2)8-3-4-10-9(5-8)6-11-12-10;2*1-7(2)8-3-4-9-10(5-8)12-6-11-9;1-6(2)7-3-8-5-11-12-9(8)10-4-7;;;;;;;;/h5-6,8-9,13H,3-4,7H2,1-2H3;3-4,7-8,12H,5-6H2,1-2H3;2*3-4,7-8,12H,5-6H2,1-2H3;2*3-7H,1-2H3,(H,11,12);3-5,7,11H,6H2,1-2H3;3-6H,1-2H3,(H,10,11,12);8*1H4. The fourth-order valence-electron chi connectivity index (χ4n) is 11.9. The Bertz CT molecular complexity index is 3890. The summed E-state index contributed by atoms with van der Waals surface area (Å²) >= 11 is 0. The number of nitrogens with one attached hydrogen (secondary N) is 8. The van der Waals surface area contributed by atoms with Crippen LogP contribution in [0.5, 0.6) is 11.5 Å². The number of aromatic amines is 3. The number of aromatic nitrogens is 7. The number of nitrogens with zero attached hydrogens (tertiary/aromatic N) is 4. The lowest BCUT2D eigenvalue weighted by Gasteiger charge is -2.20. The molecule has 582 valence electrons. The molecule has 0 radical (unpaired) electrons. The maximum atomic E-state index is 5.55. The van der Waals surface area contributed by atoms with Crippen molar-refractivity contribution >= 4 is 61.4 Å². The van der Waals surface area contributed by atoms with Crippen molar-refractivity contribution in [2.45, 2.75) is 243 Å². The zero-order valence-electron chi connectivity index (χ0n) is 61.3. The molecule has 9 heterocycles. The van der Waals surface area contributed by atoms with Gasteiger partial charge in [0.15, 0.2) is 12.4 Å². The molecule has 0 saturated heterocycles. The van der Waals surface area contributed by atoms with E-state index in [1.54, 1.807) is 12.5 Å². The van der Waals surface area contributed by atoms with Crippen molar-refractivity contribution < 1.29 is 9.47 Å². The summed E-state index contributed by atoms with van der Waals surface area (Å²) in [7, 11) is 0. The number of hydrogen-bond acceptors (Lipinski definition) is 11. The first-order valence-electron chi connectivity index (χ1n) is 35.9. The van der Waals surface area contributed by atoms with Gasteiger partial charge in [-0.15, -0.1) is 0 Å². The van der Waals surface area contributed by atoms with Crippen molar-refractivity contribution in [1.82, 2.24) is 35.3 Å². The average Bonchev–Trinajstić information content (AvgIpc) is 1.15. The molecule has 4 aromatic heterocycles. The number of fused-ring (bicyclic) bond motifs is 8. The fraction of sp³-hybridized carbons (Fsp3) is 0.457. The van der Waals surface area contributed by atoms with Crippen molar-refractivity contribution in [2.24, 2.45) is 0 Å². The van der Waals surface area contributed by atoms with Crippen LogP contribution in [-0.2, 0) is 19.3 Å². The average molecular weight is 1450 g/mol.